The van der Waals surface area contributed by atoms with Crippen molar-refractivity contribution in [1.82, 2.24) is 0 Å². The van der Waals surface area contributed by atoms with Crippen LogP contribution >= 0.6 is 0 Å². The molecule has 16 heavy (non-hydrogen) atoms. The van der Waals surface area contributed by atoms with Crippen molar-refractivity contribution >= 4 is 11.8 Å². The van der Waals surface area contributed by atoms with E-state index in [4.69, 9.17) is 9.47 Å². The summed E-state index contributed by atoms with van der Waals surface area (Å²) in [7, 11) is 0. The molecule has 0 heterocycles. The third-order valence-corrected chi connectivity index (χ3v) is 1.89. The summed E-state index contributed by atoms with van der Waals surface area (Å²) in [6.45, 7) is 3.07. The normalized spacial score (nSPS) is 11.9. The minimum atomic E-state index is -0.874. The van der Waals surface area contributed by atoms with Gasteiger partial charge in [-0.1, -0.05) is 30.3 Å². The lowest BCUT2D eigenvalue weighted by Gasteiger charge is -2.12. The summed E-state index contributed by atoms with van der Waals surface area (Å²) >= 11 is 0. The molecule has 1 aromatic rings. The second-order valence-corrected chi connectivity index (χ2v) is 3.33. The van der Waals surface area contributed by atoms with Gasteiger partial charge in [0.15, 0.2) is 0 Å². The average molecular weight is 222 g/mol. The summed E-state index contributed by atoms with van der Waals surface area (Å²) in [6.07, 6.45) is -0.725. The van der Waals surface area contributed by atoms with Gasteiger partial charge in [-0.25, -0.2) is 4.79 Å². The van der Waals surface area contributed by atoms with Crippen molar-refractivity contribution in [2.45, 2.75) is 26.7 Å². The molecule has 4 nitrogen and oxygen atoms in total. The average Bonchev–Trinajstić information content (AvgIpc) is 2.27. The molecule has 0 amide bonds. The Morgan fingerprint density at radius 3 is 2.44 bits per heavy atom. The second kappa shape index (κ2) is 6.02. The molecule has 0 fully saturated rings. The fourth-order valence-corrected chi connectivity index (χ4v) is 1.06. The van der Waals surface area contributed by atoms with E-state index in [2.05, 4.69) is 0 Å². The van der Waals surface area contributed by atoms with Crippen molar-refractivity contribution in [3.8, 4) is 0 Å². The number of hydrogen-bond donors (Lipinski definition) is 0. The van der Waals surface area contributed by atoms with E-state index in [-0.39, 0.29) is 0 Å². The molecular formula is C12H14O4. The fourth-order valence-electron chi connectivity index (χ4n) is 1.06. The van der Waals surface area contributed by atoms with Crippen LogP contribution in [0.4, 0.5) is 0 Å². The van der Waals surface area contributed by atoms with Crippen LogP contribution in [0.2, 0.25) is 0 Å². The van der Waals surface area contributed by atoms with Gasteiger partial charge >= 0.3 is 5.97 Å². The number of esters is 1. The summed E-state index contributed by atoms with van der Waals surface area (Å²) in [4.78, 5) is 21.5. The largest absolute Gasteiger partial charge is 0.430 e. The third kappa shape index (κ3) is 4.23. The smallest absolute Gasteiger partial charge is 0.376 e. The molecule has 0 saturated carbocycles. The maximum atomic E-state index is 10.9. The van der Waals surface area contributed by atoms with Gasteiger partial charge in [-0.2, -0.15) is 0 Å². The summed E-state index contributed by atoms with van der Waals surface area (Å²) in [5.41, 5.74) is 0.980. The van der Waals surface area contributed by atoms with Crippen molar-refractivity contribution in [2.24, 2.45) is 0 Å². The van der Waals surface area contributed by atoms with Crippen LogP contribution in [0, 0.1) is 0 Å². The molecule has 0 aliphatic heterocycles. The van der Waals surface area contributed by atoms with Crippen molar-refractivity contribution in [1.29, 1.82) is 0 Å². The molecule has 1 unspecified atom stereocenters. The topological polar surface area (TPSA) is 52.6 Å². The highest BCUT2D eigenvalue weighted by molar-refractivity contribution is 6.32. The number of benzene rings is 1. The Bertz CT molecular complexity index is 359. The van der Waals surface area contributed by atoms with Gasteiger partial charge in [0, 0.05) is 6.92 Å². The van der Waals surface area contributed by atoms with Gasteiger partial charge in [0.25, 0.3) is 0 Å². The molecule has 0 aliphatic rings. The highest BCUT2D eigenvalue weighted by Gasteiger charge is 2.13. The maximum Gasteiger partial charge on any atom is 0.376 e. The van der Waals surface area contributed by atoms with Crippen LogP contribution in [-0.2, 0) is 25.7 Å². The zero-order valence-electron chi connectivity index (χ0n) is 9.30. The van der Waals surface area contributed by atoms with Gasteiger partial charge in [0.1, 0.15) is 0 Å². The molecular weight excluding hydrogens is 208 g/mol. The molecule has 1 atom stereocenters. The summed E-state index contributed by atoms with van der Waals surface area (Å²) < 4.78 is 9.98. The SMILES string of the molecule is CC(=O)C(=O)OC(C)OCc1ccccc1. The molecule has 0 spiro atoms. The summed E-state index contributed by atoms with van der Waals surface area (Å²) in [6, 6.07) is 9.50. The van der Waals surface area contributed by atoms with E-state index >= 15 is 0 Å². The first-order valence-corrected chi connectivity index (χ1v) is 4.96. The van der Waals surface area contributed by atoms with E-state index < -0.39 is 18.0 Å². The summed E-state index contributed by atoms with van der Waals surface area (Å²) in [5, 5.41) is 0. The molecule has 1 rings (SSSR count). The van der Waals surface area contributed by atoms with Crippen LogP contribution in [0.5, 0.6) is 0 Å². The first kappa shape index (κ1) is 12.4. The van der Waals surface area contributed by atoms with Gasteiger partial charge in [0.2, 0.25) is 12.1 Å². The van der Waals surface area contributed by atoms with Gasteiger partial charge in [-0.3, -0.25) is 4.79 Å². The van der Waals surface area contributed by atoms with Crippen molar-refractivity contribution < 1.29 is 19.1 Å². The molecule has 0 aromatic heterocycles. The van der Waals surface area contributed by atoms with Gasteiger partial charge < -0.3 is 9.47 Å². The lowest BCUT2D eigenvalue weighted by atomic mass is 10.2. The number of carbonyl (C=O) groups excluding carboxylic acids is 2. The summed E-state index contributed by atoms with van der Waals surface area (Å²) in [5.74, 6) is -1.50. The number of rotatable bonds is 5. The van der Waals surface area contributed by atoms with Crippen LogP contribution in [0.3, 0.4) is 0 Å². The molecule has 0 radical (unpaired) electrons. The quantitative estimate of drug-likeness (QED) is 0.432. The highest BCUT2D eigenvalue weighted by Crippen LogP contribution is 2.04. The number of carbonyl (C=O) groups is 2. The standard InChI is InChI=1S/C12H14O4/c1-9(13)12(14)16-10(2)15-8-11-6-4-3-5-7-11/h3-7,10H,8H2,1-2H3. The molecule has 0 bridgehead atoms. The van der Waals surface area contributed by atoms with Crippen molar-refractivity contribution in [3.05, 3.63) is 35.9 Å². The molecule has 86 valence electrons. The van der Waals surface area contributed by atoms with E-state index in [1.807, 2.05) is 30.3 Å². The Labute approximate surface area is 94.2 Å². The third-order valence-electron chi connectivity index (χ3n) is 1.89. The highest BCUT2D eigenvalue weighted by atomic mass is 16.7. The van der Waals surface area contributed by atoms with E-state index in [1.54, 1.807) is 6.92 Å². The number of ether oxygens (including phenoxy) is 2. The van der Waals surface area contributed by atoms with Crippen LogP contribution in [0.1, 0.15) is 19.4 Å². The zero-order chi connectivity index (χ0) is 12.0. The Hall–Kier alpha value is -1.68. The minimum absolute atomic E-state index is 0.340. The molecule has 1 aromatic carbocycles. The lowest BCUT2D eigenvalue weighted by Crippen LogP contribution is -2.22. The van der Waals surface area contributed by atoms with Crippen LogP contribution in [0.25, 0.3) is 0 Å². The monoisotopic (exact) mass is 222 g/mol. The van der Waals surface area contributed by atoms with E-state index in [0.717, 1.165) is 12.5 Å². The second-order valence-electron chi connectivity index (χ2n) is 3.33. The zero-order valence-corrected chi connectivity index (χ0v) is 9.30. The number of Topliss-reactive ketones (excluding diaryl/α,β-unsaturated/α-hetero) is 1. The lowest BCUT2D eigenvalue weighted by molar-refractivity contribution is -0.179. The first-order chi connectivity index (χ1) is 7.59. The van der Waals surface area contributed by atoms with Gasteiger partial charge in [-0.05, 0) is 12.5 Å². The van der Waals surface area contributed by atoms with Gasteiger partial charge in [-0.15, -0.1) is 0 Å². The van der Waals surface area contributed by atoms with E-state index in [1.165, 1.54) is 0 Å². The number of hydrogen-bond acceptors (Lipinski definition) is 4. The Kier molecular flexibility index (Phi) is 4.66. The van der Waals surface area contributed by atoms with Crippen molar-refractivity contribution in [3.63, 3.8) is 0 Å². The Morgan fingerprint density at radius 2 is 1.88 bits per heavy atom. The van der Waals surface area contributed by atoms with Crippen LogP contribution in [-0.4, -0.2) is 18.0 Å². The number of ketones is 1. The predicted octanol–water partition coefficient (Wildman–Crippen LogP) is 1.68. The maximum absolute atomic E-state index is 10.9. The first-order valence-electron chi connectivity index (χ1n) is 4.96. The van der Waals surface area contributed by atoms with Crippen molar-refractivity contribution in [2.75, 3.05) is 0 Å². The van der Waals surface area contributed by atoms with Gasteiger partial charge in [0.05, 0.1) is 6.61 Å². The van der Waals surface area contributed by atoms with Crippen LogP contribution in [0.15, 0.2) is 30.3 Å². The molecule has 0 aliphatic carbocycles. The van der Waals surface area contributed by atoms with Crippen LogP contribution < -0.4 is 0 Å². The van der Waals surface area contributed by atoms with E-state index in [0.29, 0.717) is 6.61 Å². The molecule has 0 saturated heterocycles. The Balaban J connectivity index is 2.33. The van der Waals surface area contributed by atoms with E-state index in [9.17, 15) is 9.59 Å². The minimum Gasteiger partial charge on any atom is -0.430 e. The fraction of sp³-hybridized carbons (Fsp3) is 0.333. The Morgan fingerprint density at radius 1 is 1.25 bits per heavy atom. The molecule has 0 N–H and O–H groups in total. The predicted molar refractivity (Wildman–Crippen MR) is 57.5 cm³/mol. The molecule has 4 heteroatoms.